The van der Waals surface area contributed by atoms with Crippen LogP contribution in [0.2, 0.25) is 10.8 Å². The number of fused-ring (bicyclic) bond motifs is 1. The van der Waals surface area contributed by atoms with Crippen LogP contribution in [-0.4, -0.2) is 7.85 Å². The topological polar surface area (TPSA) is 0 Å². The third-order valence-corrected chi connectivity index (χ3v) is 5.17. The summed E-state index contributed by atoms with van der Waals surface area (Å²) in [5.74, 6) is 0.598. The smallest absolute Gasteiger partial charge is 0.0704 e. The van der Waals surface area contributed by atoms with Crippen LogP contribution < -0.4 is 0 Å². The predicted octanol–water partition coefficient (Wildman–Crippen LogP) is 6.04. The molecule has 3 aromatic rings. The van der Waals surface area contributed by atoms with Gasteiger partial charge in [0.25, 0.3) is 0 Å². The van der Waals surface area contributed by atoms with Crippen molar-refractivity contribution in [3.63, 3.8) is 0 Å². The minimum atomic E-state index is 0.226. The molecule has 116 valence electrons. The molecule has 2 atom stereocenters. The lowest BCUT2D eigenvalue weighted by molar-refractivity contribution is 0.615. The van der Waals surface area contributed by atoms with E-state index in [4.69, 9.17) is 19.4 Å². The summed E-state index contributed by atoms with van der Waals surface area (Å²) in [6.07, 6.45) is 1.98. The van der Waals surface area contributed by atoms with Gasteiger partial charge in [0.1, 0.15) is 0 Å². The van der Waals surface area contributed by atoms with Crippen molar-refractivity contribution in [3.05, 3.63) is 94.5 Å². The van der Waals surface area contributed by atoms with Gasteiger partial charge in [0, 0.05) is 10.9 Å². The van der Waals surface area contributed by atoms with Crippen molar-refractivity contribution in [1.29, 1.82) is 0 Å². The second-order valence-electron chi connectivity index (χ2n) is 6.58. The zero-order valence-corrected chi connectivity index (χ0v) is 14.2. The van der Waals surface area contributed by atoms with Gasteiger partial charge in [-0.3, -0.25) is 0 Å². The summed E-state index contributed by atoms with van der Waals surface area (Å²) in [6, 6.07) is 25.5. The molecule has 2 radical (unpaired) electrons. The van der Waals surface area contributed by atoms with E-state index >= 15 is 0 Å². The van der Waals surface area contributed by atoms with Crippen LogP contribution in [0.15, 0.2) is 72.8 Å². The molecule has 0 saturated heterocycles. The van der Waals surface area contributed by atoms with Gasteiger partial charge in [-0.05, 0) is 52.8 Å². The van der Waals surface area contributed by atoms with Gasteiger partial charge in [0.2, 0.25) is 0 Å². The average Bonchev–Trinajstić information content (AvgIpc) is 2.62. The Kier molecular flexibility index (Phi) is 4.20. The Balaban J connectivity index is 1.75. The molecule has 4 rings (SSSR count). The highest BCUT2D eigenvalue weighted by Gasteiger charge is 2.25. The van der Waals surface area contributed by atoms with Gasteiger partial charge in [0.15, 0.2) is 0 Å². The highest BCUT2D eigenvalue weighted by Crippen LogP contribution is 2.41. The number of hydrogen-bond donors (Lipinski definition) is 0. The molecule has 0 spiro atoms. The lowest BCUT2D eigenvalue weighted by atomic mass is 9.67. The van der Waals surface area contributed by atoms with Crippen LogP contribution in [-0.2, 0) is 6.42 Å². The number of benzene rings is 3. The summed E-state index contributed by atoms with van der Waals surface area (Å²) in [7, 11) is 6.33. The molecule has 0 aliphatic heterocycles. The van der Waals surface area contributed by atoms with Crippen molar-refractivity contribution in [3.8, 4) is 11.1 Å². The molecular formula is C22H18BCl. The van der Waals surface area contributed by atoms with Gasteiger partial charge in [0.05, 0.1) is 7.85 Å². The van der Waals surface area contributed by atoms with Crippen molar-refractivity contribution >= 4 is 19.4 Å². The van der Waals surface area contributed by atoms with Gasteiger partial charge in [-0.1, -0.05) is 78.1 Å². The summed E-state index contributed by atoms with van der Waals surface area (Å²) in [6.45, 7) is 0. The molecule has 3 aromatic carbocycles. The molecule has 0 saturated carbocycles. The zero-order chi connectivity index (χ0) is 16.5. The van der Waals surface area contributed by atoms with Gasteiger partial charge in [-0.25, -0.2) is 0 Å². The van der Waals surface area contributed by atoms with Crippen LogP contribution in [0.1, 0.15) is 29.0 Å². The van der Waals surface area contributed by atoms with E-state index in [0.717, 1.165) is 17.9 Å². The largest absolute Gasteiger partial charge is 0.0843 e. The van der Waals surface area contributed by atoms with Crippen LogP contribution in [0.3, 0.4) is 0 Å². The fraction of sp³-hybridized carbons (Fsp3) is 0.182. The molecule has 0 nitrogen and oxygen atoms in total. The molecule has 24 heavy (non-hydrogen) atoms. The van der Waals surface area contributed by atoms with Gasteiger partial charge >= 0.3 is 0 Å². The first kappa shape index (κ1) is 15.5. The van der Waals surface area contributed by atoms with E-state index < -0.39 is 0 Å². The minimum Gasteiger partial charge on any atom is -0.0843 e. The first-order valence-electron chi connectivity index (χ1n) is 8.40. The summed E-state index contributed by atoms with van der Waals surface area (Å²) < 4.78 is 0. The van der Waals surface area contributed by atoms with E-state index in [2.05, 4.69) is 60.7 Å². The Hall–Kier alpha value is -1.99. The highest BCUT2D eigenvalue weighted by molar-refractivity contribution is 6.30. The van der Waals surface area contributed by atoms with E-state index in [-0.39, 0.29) is 5.82 Å². The summed E-state index contributed by atoms with van der Waals surface area (Å²) in [5.41, 5.74) is 6.56. The number of rotatable bonds is 2. The van der Waals surface area contributed by atoms with Gasteiger partial charge < -0.3 is 0 Å². The zero-order valence-electron chi connectivity index (χ0n) is 13.5. The molecule has 1 aliphatic rings. The van der Waals surface area contributed by atoms with Crippen molar-refractivity contribution in [2.24, 2.45) is 0 Å². The maximum absolute atomic E-state index is 6.33. The van der Waals surface area contributed by atoms with Gasteiger partial charge in [-0.15, -0.1) is 0 Å². The van der Waals surface area contributed by atoms with E-state index in [9.17, 15) is 0 Å². The maximum Gasteiger partial charge on any atom is 0.0704 e. The van der Waals surface area contributed by atoms with Crippen LogP contribution in [0.25, 0.3) is 11.1 Å². The maximum atomic E-state index is 6.33. The summed E-state index contributed by atoms with van der Waals surface area (Å²) in [4.78, 5) is 0. The Morgan fingerprint density at radius 3 is 2.46 bits per heavy atom. The number of hydrogen-bond acceptors (Lipinski definition) is 0. The summed E-state index contributed by atoms with van der Waals surface area (Å²) >= 11 is 6.01. The number of halogens is 1. The fourth-order valence-electron chi connectivity index (χ4n) is 3.75. The minimum absolute atomic E-state index is 0.226. The quantitative estimate of drug-likeness (QED) is 0.503. The molecule has 1 unspecified atom stereocenters. The molecule has 0 bridgehead atoms. The van der Waals surface area contributed by atoms with E-state index in [0.29, 0.717) is 5.92 Å². The first-order chi connectivity index (χ1) is 11.7. The second-order valence-corrected chi connectivity index (χ2v) is 7.02. The normalized spacial score (nSPS) is 19.7. The van der Waals surface area contributed by atoms with Crippen LogP contribution in [0.4, 0.5) is 0 Å². The Morgan fingerprint density at radius 1 is 0.833 bits per heavy atom. The van der Waals surface area contributed by atoms with Crippen molar-refractivity contribution in [2.75, 3.05) is 0 Å². The van der Waals surface area contributed by atoms with Crippen molar-refractivity contribution < 1.29 is 0 Å². The molecule has 0 aromatic heterocycles. The molecule has 0 N–H and O–H groups in total. The van der Waals surface area contributed by atoms with Gasteiger partial charge in [-0.2, -0.15) is 0 Å². The predicted molar refractivity (Wildman–Crippen MR) is 103 cm³/mol. The Labute approximate surface area is 149 Å². The standard InChI is InChI=1S/C22H18BCl/c23-19-13-18-4-1-2-7-21(18)22(14-19)17-6-3-5-16(12-17)15-8-10-20(24)11-9-15/h1-12,19,22H,13-14H2/t19-,22?/m0/s1. The highest BCUT2D eigenvalue weighted by atomic mass is 35.5. The second kappa shape index (κ2) is 6.49. The third-order valence-electron chi connectivity index (χ3n) is 4.92. The van der Waals surface area contributed by atoms with Crippen LogP contribution >= 0.6 is 11.6 Å². The lowest BCUT2D eigenvalue weighted by Crippen LogP contribution is -2.16. The molecule has 1 aliphatic carbocycles. The van der Waals surface area contributed by atoms with E-state index in [1.165, 1.54) is 27.8 Å². The first-order valence-corrected chi connectivity index (χ1v) is 8.78. The molecule has 0 amide bonds. The fourth-order valence-corrected chi connectivity index (χ4v) is 3.87. The van der Waals surface area contributed by atoms with Crippen LogP contribution in [0.5, 0.6) is 0 Å². The molecule has 0 heterocycles. The monoisotopic (exact) mass is 328 g/mol. The Bertz CT molecular complexity index is 854. The average molecular weight is 329 g/mol. The summed E-state index contributed by atoms with van der Waals surface area (Å²) in [5, 5.41) is 0.766. The third kappa shape index (κ3) is 3.01. The SMILES string of the molecule is [B][C@H]1Cc2ccccc2C(c2cccc(-c3ccc(Cl)cc3)c2)C1. The van der Waals surface area contributed by atoms with E-state index in [1.807, 2.05) is 12.1 Å². The molecule has 0 fully saturated rings. The van der Waals surface area contributed by atoms with Crippen molar-refractivity contribution in [2.45, 2.75) is 24.6 Å². The lowest BCUT2D eigenvalue weighted by Gasteiger charge is -2.30. The van der Waals surface area contributed by atoms with E-state index in [1.54, 1.807) is 0 Å². The van der Waals surface area contributed by atoms with Crippen LogP contribution in [0, 0.1) is 0 Å². The Morgan fingerprint density at radius 2 is 1.62 bits per heavy atom. The molecular weight excluding hydrogens is 311 g/mol. The van der Waals surface area contributed by atoms with Crippen molar-refractivity contribution in [1.82, 2.24) is 0 Å². The molecule has 2 heteroatoms.